The fraction of sp³-hybridized carbons (Fsp3) is 0.250. The van der Waals surface area contributed by atoms with E-state index in [0.29, 0.717) is 23.5 Å². The van der Waals surface area contributed by atoms with Gasteiger partial charge in [0.25, 0.3) is 10.0 Å². The number of anilines is 1. The van der Waals surface area contributed by atoms with E-state index in [4.69, 9.17) is 0 Å². The van der Waals surface area contributed by atoms with Crippen molar-refractivity contribution in [3.63, 3.8) is 0 Å². The van der Waals surface area contributed by atoms with Gasteiger partial charge < -0.3 is 0 Å². The summed E-state index contributed by atoms with van der Waals surface area (Å²) in [5, 5.41) is 4.37. The smallest absolute Gasteiger partial charge is 0.264 e. The maximum Gasteiger partial charge on any atom is 0.264 e. The van der Waals surface area contributed by atoms with Crippen LogP contribution in [0.25, 0.3) is 5.65 Å². The molecule has 0 bridgehead atoms. The van der Waals surface area contributed by atoms with Crippen LogP contribution < -0.4 is 4.72 Å². The molecule has 0 amide bonds. The Morgan fingerprint density at radius 1 is 1.20 bits per heavy atom. The molecular formula is C16H14F2N4O2S. The van der Waals surface area contributed by atoms with Gasteiger partial charge >= 0.3 is 0 Å². The van der Waals surface area contributed by atoms with Crippen molar-refractivity contribution >= 4 is 21.4 Å². The van der Waals surface area contributed by atoms with Gasteiger partial charge in [-0.1, -0.05) is 6.42 Å². The second kappa shape index (κ2) is 5.76. The highest BCUT2D eigenvalue weighted by atomic mass is 32.2. The van der Waals surface area contributed by atoms with Crippen molar-refractivity contribution in [2.45, 2.75) is 30.1 Å². The lowest BCUT2D eigenvalue weighted by atomic mass is 9.85. The first-order valence-electron chi connectivity index (χ1n) is 7.77. The molecule has 6 nitrogen and oxygen atoms in total. The first-order valence-corrected chi connectivity index (χ1v) is 9.25. The zero-order valence-corrected chi connectivity index (χ0v) is 13.8. The molecule has 0 radical (unpaired) electrons. The zero-order chi connectivity index (χ0) is 17.6. The number of hydrogen-bond donors (Lipinski definition) is 1. The molecule has 9 heteroatoms. The second-order valence-electron chi connectivity index (χ2n) is 5.97. The maximum absolute atomic E-state index is 13.8. The van der Waals surface area contributed by atoms with Crippen LogP contribution in [0.5, 0.6) is 0 Å². The Balaban J connectivity index is 1.73. The first kappa shape index (κ1) is 15.9. The van der Waals surface area contributed by atoms with Crippen LogP contribution in [0.2, 0.25) is 0 Å². The first-order chi connectivity index (χ1) is 11.9. The van der Waals surface area contributed by atoms with Gasteiger partial charge in [0.15, 0.2) is 11.5 Å². The molecule has 0 atom stereocenters. The van der Waals surface area contributed by atoms with Gasteiger partial charge in [-0.25, -0.2) is 26.7 Å². The molecule has 2 aromatic heterocycles. The Bertz CT molecular complexity index is 1060. The van der Waals surface area contributed by atoms with Crippen LogP contribution in [0.3, 0.4) is 0 Å². The molecule has 1 fully saturated rings. The highest BCUT2D eigenvalue weighted by molar-refractivity contribution is 7.92. The highest BCUT2D eigenvalue weighted by Gasteiger charge is 2.25. The van der Waals surface area contributed by atoms with Gasteiger partial charge in [-0.15, -0.1) is 0 Å². The van der Waals surface area contributed by atoms with Crippen molar-refractivity contribution in [3.05, 3.63) is 54.0 Å². The quantitative estimate of drug-likeness (QED) is 0.772. The van der Waals surface area contributed by atoms with Gasteiger partial charge in [0.05, 0.1) is 5.69 Å². The number of rotatable bonds is 4. The van der Waals surface area contributed by atoms with Gasteiger partial charge in [0.2, 0.25) is 0 Å². The summed E-state index contributed by atoms with van der Waals surface area (Å²) >= 11 is 0. The van der Waals surface area contributed by atoms with Gasteiger partial charge in [-0.05, 0) is 37.1 Å². The Morgan fingerprint density at radius 3 is 2.68 bits per heavy atom. The molecule has 4 rings (SSSR count). The molecule has 3 aromatic rings. The van der Waals surface area contributed by atoms with Gasteiger partial charge in [0.1, 0.15) is 16.5 Å². The minimum atomic E-state index is -4.23. The SMILES string of the molecule is O=S(=O)(Nc1cccn2nc(C3CCC3)nc12)c1ccc(F)cc1F. The molecule has 0 spiro atoms. The molecular weight excluding hydrogens is 350 g/mol. The van der Waals surface area contributed by atoms with Crippen molar-refractivity contribution < 1.29 is 17.2 Å². The number of aromatic nitrogens is 3. The second-order valence-corrected chi connectivity index (χ2v) is 7.62. The highest BCUT2D eigenvalue weighted by Crippen LogP contribution is 2.35. The van der Waals surface area contributed by atoms with Crippen molar-refractivity contribution in [1.29, 1.82) is 0 Å². The van der Waals surface area contributed by atoms with Gasteiger partial charge in [0, 0.05) is 18.2 Å². The Morgan fingerprint density at radius 2 is 2.00 bits per heavy atom. The van der Waals surface area contributed by atoms with E-state index in [1.807, 2.05) is 0 Å². The van der Waals surface area contributed by atoms with E-state index in [1.54, 1.807) is 12.3 Å². The largest absolute Gasteiger partial charge is 0.276 e. The summed E-state index contributed by atoms with van der Waals surface area (Å²) in [7, 11) is -4.23. The van der Waals surface area contributed by atoms with Crippen LogP contribution in [-0.4, -0.2) is 23.0 Å². The standard InChI is InChI=1S/C16H14F2N4O2S/c17-11-6-7-14(12(18)9-11)25(23,24)21-13-5-2-8-22-16(13)19-15(20-22)10-3-1-4-10/h2,5-10,21H,1,3-4H2. The van der Waals surface area contributed by atoms with Crippen molar-refractivity contribution in [2.24, 2.45) is 0 Å². The number of fused-ring (bicyclic) bond motifs is 1. The van der Waals surface area contributed by atoms with E-state index in [-0.39, 0.29) is 5.69 Å². The molecule has 0 saturated heterocycles. The average molecular weight is 364 g/mol. The summed E-state index contributed by atoms with van der Waals surface area (Å²) in [6.07, 6.45) is 4.82. The van der Waals surface area contributed by atoms with Crippen LogP contribution in [0.4, 0.5) is 14.5 Å². The van der Waals surface area contributed by atoms with E-state index >= 15 is 0 Å². The number of halogens is 2. The Labute approximate surface area is 142 Å². The topological polar surface area (TPSA) is 76.4 Å². The van der Waals surface area contributed by atoms with E-state index in [0.717, 1.165) is 31.4 Å². The molecule has 1 saturated carbocycles. The lowest BCUT2D eigenvalue weighted by molar-refractivity contribution is 0.402. The lowest BCUT2D eigenvalue weighted by Crippen LogP contribution is -2.15. The summed E-state index contributed by atoms with van der Waals surface area (Å²) in [6.45, 7) is 0. The summed E-state index contributed by atoms with van der Waals surface area (Å²) in [5.74, 6) is -1.04. The van der Waals surface area contributed by atoms with Crippen LogP contribution in [0.15, 0.2) is 41.4 Å². The summed E-state index contributed by atoms with van der Waals surface area (Å²) in [5.41, 5.74) is 0.528. The molecule has 1 N–H and O–H groups in total. The molecule has 1 aliphatic rings. The predicted octanol–water partition coefficient (Wildman–Crippen LogP) is 3.08. The minimum absolute atomic E-state index is 0.185. The van der Waals surface area contributed by atoms with Crippen LogP contribution >= 0.6 is 0 Å². The molecule has 2 heterocycles. The number of nitrogens with one attached hydrogen (secondary N) is 1. The molecule has 1 aromatic carbocycles. The van der Waals surface area contributed by atoms with E-state index in [2.05, 4.69) is 14.8 Å². The third-order valence-electron chi connectivity index (χ3n) is 4.28. The number of pyridine rings is 1. The minimum Gasteiger partial charge on any atom is -0.276 e. The van der Waals surface area contributed by atoms with Crippen LogP contribution in [0, 0.1) is 11.6 Å². The Hall–Kier alpha value is -2.55. The van der Waals surface area contributed by atoms with E-state index < -0.39 is 26.6 Å². The number of benzene rings is 1. The monoisotopic (exact) mass is 364 g/mol. The third kappa shape index (κ3) is 2.84. The molecule has 1 aliphatic carbocycles. The summed E-state index contributed by atoms with van der Waals surface area (Å²) in [6, 6.07) is 5.44. The Kier molecular flexibility index (Phi) is 3.68. The van der Waals surface area contributed by atoms with E-state index in [1.165, 1.54) is 10.6 Å². The molecule has 130 valence electrons. The van der Waals surface area contributed by atoms with Crippen LogP contribution in [0.1, 0.15) is 31.0 Å². The van der Waals surface area contributed by atoms with Crippen LogP contribution in [-0.2, 0) is 10.0 Å². The third-order valence-corrected chi connectivity index (χ3v) is 5.68. The fourth-order valence-corrected chi connectivity index (χ4v) is 3.86. The van der Waals surface area contributed by atoms with Crippen molar-refractivity contribution in [1.82, 2.24) is 14.6 Å². The lowest BCUT2D eigenvalue weighted by Gasteiger charge is -2.21. The van der Waals surface area contributed by atoms with Gasteiger partial charge in [-0.2, -0.15) is 5.10 Å². The van der Waals surface area contributed by atoms with Crippen molar-refractivity contribution in [3.8, 4) is 0 Å². The maximum atomic E-state index is 13.8. The van der Waals surface area contributed by atoms with Crippen molar-refractivity contribution in [2.75, 3.05) is 4.72 Å². The summed E-state index contributed by atoms with van der Waals surface area (Å²) in [4.78, 5) is 3.79. The summed E-state index contributed by atoms with van der Waals surface area (Å²) < 4.78 is 55.6. The zero-order valence-electron chi connectivity index (χ0n) is 13.0. The van der Waals surface area contributed by atoms with Gasteiger partial charge in [-0.3, -0.25) is 4.72 Å². The predicted molar refractivity (Wildman–Crippen MR) is 86.7 cm³/mol. The average Bonchev–Trinajstić information content (AvgIpc) is 2.89. The normalized spacial score (nSPS) is 15.3. The number of nitrogens with zero attached hydrogens (tertiary/aromatic N) is 3. The number of hydrogen-bond acceptors (Lipinski definition) is 4. The molecule has 0 aliphatic heterocycles. The number of sulfonamides is 1. The molecule has 25 heavy (non-hydrogen) atoms. The molecule has 0 unspecified atom stereocenters. The van der Waals surface area contributed by atoms with E-state index in [9.17, 15) is 17.2 Å². The fourth-order valence-electron chi connectivity index (χ4n) is 2.73.